The van der Waals surface area contributed by atoms with E-state index in [1.165, 1.54) is 0 Å². The maximum atomic E-state index is 12.6. The van der Waals surface area contributed by atoms with Gasteiger partial charge in [-0.2, -0.15) is 0 Å². The van der Waals surface area contributed by atoms with Gasteiger partial charge in [-0.05, 0) is 39.0 Å². The third kappa shape index (κ3) is 3.07. The maximum Gasteiger partial charge on any atom is 0.254 e. The van der Waals surface area contributed by atoms with Gasteiger partial charge in [-0.3, -0.25) is 4.79 Å². The Balaban J connectivity index is 2.22. The predicted molar refractivity (Wildman–Crippen MR) is 75.6 cm³/mol. The van der Waals surface area contributed by atoms with Gasteiger partial charge in [-0.15, -0.1) is 0 Å². The highest BCUT2D eigenvalue weighted by atomic mass is 16.5. The number of hydrogen-bond donors (Lipinski definition) is 1. The average Bonchev–Trinajstić information content (AvgIpc) is 2.41. The Morgan fingerprint density at radius 2 is 2.21 bits per heavy atom. The van der Waals surface area contributed by atoms with Crippen molar-refractivity contribution in [3.05, 3.63) is 29.8 Å². The van der Waals surface area contributed by atoms with Crippen molar-refractivity contribution in [1.29, 1.82) is 0 Å². The van der Waals surface area contributed by atoms with E-state index in [0.717, 1.165) is 6.54 Å². The van der Waals surface area contributed by atoms with Gasteiger partial charge in [-0.1, -0.05) is 6.07 Å². The minimum absolute atomic E-state index is 0.0406. The van der Waals surface area contributed by atoms with E-state index in [9.17, 15) is 4.79 Å². The Labute approximate surface area is 114 Å². The van der Waals surface area contributed by atoms with Crippen molar-refractivity contribution >= 4 is 5.91 Å². The number of nitrogens with one attached hydrogen (secondary N) is 1. The van der Waals surface area contributed by atoms with Crippen LogP contribution < -0.4 is 10.1 Å². The molecule has 0 spiro atoms. The molecule has 1 amide bonds. The SMILES string of the molecule is COc1cccc(C(=O)N2CC(C)(C)NCC2C)c1. The largest absolute Gasteiger partial charge is 0.497 e. The summed E-state index contributed by atoms with van der Waals surface area (Å²) in [6, 6.07) is 7.54. The van der Waals surface area contributed by atoms with Crippen molar-refractivity contribution in [1.82, 2.24) is 10.2 Å². The van der Waals surface area contributed by atoms with Crippen molar-refractivity contribution in [3.63, 3.8) is 0 Å². The normalized spacial score (nSPS) is 22.1. The molecule has 0 saturated carbocycles. The molecule has 4 nitrogen and oxygen atoms in total. The fourth-order valence-electron chi connectivity index (χ4n) is 2.37. The quantitative estimate of drug-likeness (QED) is 0.885. The highest BCUT2D eigenvalue weighted by Gasteiger charge is 2.33. The van der Waals surface area contributed by atoms with E-state index in [0.29, 0.717) is 17.9 Å². The Hall–Kier alpha value is -1.55. The molecule has 1 aliphatic heterocycles. The summed E-state index contributed by atoms with van der Waals surface area (Å²) in [4.78, 5) is 14.5. The third-order valence-corrected chi connectivity index (χ3v) is 3.55. The number of carbonyl (C=O) groups is 1. The summed E-state index contributed by atoms with van der Waals surface area (Å²) in [6.07, 6.45) is 0. The van der Waals surface area contributed by atoms with Gasteiger partial charge in [-0.25, -0.2) is 0 Å². The second-order valence-corrected chi connectivity index (χ2v) is 5.78. The summed E-state index contributed by atoms with van der Waals surface area (Å²) >= 11 is 0. The van der Waals surface area contributed by atoms with E-state index in [2.05, 4.69) is 26.1 Å². The molecule has 1 saturated heterocycles. The molecule has 1 atom stereocenters. The molecule has 4 heteroatoms. The monoisotopic (exact) mass is 262 g/mol. The highest BCUT2D eigenvalue weighted by molar-refractivity contribution is 5.95. The van der Waals surface area contributed by atoms with Crippen molar-refractivity contribution in [2.24, 2.45) is 0 Å². The number of ether oxygens (including phenoxy) is 1. The molecule has 0 aliphatic carbocycles. The van der Waals surface area contributed by atoms with Crippen molar-refractivity contribution < 1.29 is 9.53 Å². The molecular formula is C15H22N2O2. The first-order chi connectivity index (χ1) is 8.93. The van der Waals surface area contributed by atoms with E-state index in [1.54, 1.807) is 13.2 Å². The number of amides is 1. The van der Waals surface area contributed by atoms with Crippen LogP contribution in [0.3, 0.4) is 0 Å². The lowest BCUT2D eigenvalue weighted by Crippen LogP contribution is -2.62. The Bertz CT molecular complexity index is 471. The Kier molecular flexibility index (Phi) is 3.80. The summed E-state index contributed by atoms with van der Waals surface area (Å²) in [7, 11) is 1.61. The number of benzene rings is 1. The molecule has 1 heterocycles. The highest BCUT2D eigenvalue weighted by Crippen LogP contribution is 2.20. The fraction of sp³-hybridized carbons (Fsp3) is 0.533. The molecule has 2 rings (SSSR count). The standard InChI is InChI=1S/C15H22N2O2/c1-11-9-16-15(2,3)10-17(11)14(18)12-6-5-7-13(8-12)19-4/h5-8,11,16H,9-10H2,1-4H3. The van der Waals surface area contributed by atoms with Gasteiger partial charge < -0.3 is 15.0 Å². The number of methoxy groups -OCH3 is 1. The lowest BCUT2D eigenvalue weighted by molar-refractivity contribution is 0.0533. The molecule has 1 unspecified atom stereocenters. The number of nitrogens with zero attached hydrogens (tertiary/aromatic N) is 1. The van der Waals surface area contributed by atoms with Gasteiger partial charge in [0.1, 0.15) is 5.75 Å². The summed E-state index contributed by atoms with van der Waals surface area (Å²) in [5, 5.41) is 3.45. The number of piperazine rings is 1. The van der Waals surface area contributed by atoms with Crippen LogP contribution in [0.1, 0.15) is 31.1 Å². The number of carbonyl (C=O) groups excluding carboxylic acids is 1. The molecular weight excluding hydrogens is 240 g/mol. The smallest absolute Gasteiger partial charge is 0.254 e. The lowest BCUT2D eigenvalue weighted by Gasteiger charge is -2.43. The number of hydrogen-bond acceptors (Lipinski definition) is 3. The van der Waals surface area contributed by atoms with Crippen LogP contribution in [0.25, 0.3) is 0 Å². The molecule has 104 valence electrons. The van der Waals surface area contributed by atoms with E-state index in [1.807, 2.05) is 23.1 Å². The predicted octanol–water partition coefficient (Wildman–Crippen LogP) is 1.91. The van der Waals surface area contributed by atoms with E-state index < -0.39 is 0 Å². The van der Waals surface area contributed by atoms with Crippen LogP contribution in [-0.4, -0.2) is 42.6 Å². The third-order valence-electron chi connectivity index (χ3n) is 3.55. The van der Waals surface area contributed by atoms with Crippen LogP contribution in [0.15, 0.2) is 24.3 Å². The molecule has 1 N–H and O–H groups in total. The maximum absolute atomic E-state index is 12.6. The van der Waals surface area contributed by atoms with Crippen LogP contribution in [0.4, 0.5) is 0 Å². The molecule has 0 bridgehead atoms. The summed E-state index contributed by atoms with van der Waals surface area (Å²) in [5.74, 6) is 0.786. The molecule has 19 heavy (non-hydrogen) atoms. The Morgan fingerprint density at radius 1 is 1.47 bits per heavy atom. The first kappa shape index (κ1) is 13.9. The Morgan fingerprint density at radius 3 is 2.89 bits per heavy atom. The molecule has 0 aromatic heterocycles. The second kappa shape index (κ2) is 5.21. The first-order valence-electron chi connectivity index (χ1n) is 6.63. The van der Waals surface area contributed by atoms with Gasteiger partial charge in [0.2, 0.25) is 0 Å². The van der Waals surface area contributed by atoms with Crippen LogP contribution in [-0.2, 0) is 0 Å². The van der Waals surface area contributed by atoms with Gasteiger partial charge in [0, 0.05) is 30.2 Å². The van der Waals surface area contributed by atoms with Crippen LogP contribution in [0.2, 0.25) is 0 Å². The molecule has 1 fully saturated rings. The average molecular weight is 262 g/mol. The fourth-order valence-corrected chi connectivity index (χ4v) is 2.37. The van der Waals surface area contributed by atoms with Crippen LogP contribution in [0, 0.1) is 0 Å². The topological polar surface area (TPSA) is 41.6 Å². The van der Waals surface area contributed by atoms with E-state index in [4.69, 9.17) is 4.74 Å². The van der Waals surface area contributed by atoms with Crippen molar-refractivity contribution in [2.45, 2.75) is 32.4 Å². The lowest BCUT2D eigenvalue weighted by atomic mass is 9.98. The summed E-state index contributed by atoms with van der Waals surface area (Å²) in [6.45, 7) is 7.84. The molecule has 1 aliphatic rings. The minimum Gasteiger partial charge on any atom is -0.497 e. The van der Waals surface area contributed by atoms with E-state index in [-0.39, 0.29) is 17.5 Å². The van der Waals surface area contributed by atoms with Crippen LogP contribution in [0.5, 0.6) is 5.75 Å². The summed E-state index contributed by atoms with van der Waals surface area (Å²) in [5.41, 5.74) is 0.644. The van der Waals surface area contributed by atoms with Gasteiger partial charge in [0.05, 0.1) is 7.11 Å². The van der Waals surface area contributed by atoms with E-state index >= 15 is 0 Å². The molecule has 1 aromatic rings. The zero-order valence-corrected chi connectivity index (χ0v) is 12.1. The van der Waals surface area contributed by atoms with Crippen LogP contribution >= 0.6 is 0 Å². The number of rotatable bonds is 2. The summed E-state index contributed by atoms with van der Waals surface area (Å²) < 4.78 is 5.18. The zero-order chi connectivity index (χ0) is 14.0. The zero-order valence-electron chi connectivity index (χ0n) is 12.1. The molecule has 1 aromatic carbocycles. The first-order valence-corrected chi connectivity index (χ1v) is 6.63. The minimum atomic E-state index is -0.0406. The van der Waals surface area contributed by atoms with Crippen molar-refractivity contribution in [2.75, 3.05) is 20.2 Å². The van der Waals surface area contributed by atoms with Gasteiger partial charge >= 0.3 is 0 Å². The van der Waals surface area contributed by atoms with Gasteiger partial charge in [0.15, 0.2) is 0 Å². The van der Waals surface area contributed by atoms with Crippen molar-refractivity contribution in [3.8, 4) is 5.75 Å². The van der Waals surface area contributed by atoms with Gasteiger partial charge in [0.25, 0.3) is 5.91 Å². The second-order valence-electron chi connectivity index (χ2n) is 5.78. The molecule has 0 radical (unpaired) electrons.